The number of pyridine rings is 2. The summed E-state index contributed by atoms with van der Waals surface area (Å²) in [5.74, 6) is -1.53. The number of hydrogen-bond acceptors (Lipinski definition) is 4. The molecule has 0 saturated heterocycles. The van der Waals surface area contributed by atoms with Crippen LogP contribution < -0.4 is 5.63 Å². The lowest BCUT2D eigenvalue weighted by molar-refractivity contribution is 0.553. The first kappa shape index (κ1) is 20.7. The highest BCUT2D eigenvalue weighted by Gasteiger charge is 2.21. The molecule has 2 aromatic carbocycles. The normalized spacial score (nSPS) is 11.9. The van der Waals surface area contributed by atoms with Crippen LogP contribution in [-0.4, -0.2) is 14.5 Å². The Morgan fingerprint density at radius 2 is 1.91 bits per heavy atom. The molecule has 0 aliphatic heterocycles. The standard InChI is InChI=1S/C26H16ClF2N3O2/c1-2-13-5-6-20-17(8-13)21-16-4-3-7-30-25(16)34-26(33)24(21)32(20)12-14-11-31-23-18(22(14)27)9-15(28)10-19(23)29/h3-11H,2,12H2,1H3. The highest BCUT2D eigenvalue weighted by molar-refractivity contribution is 6.36. The van der Waals surface area contributed by atoms with E-state index >= 15 is 0 Å². The van der Waals surface area contributed by atoms with Crippen molar-refractivity contribution in [1.29, 1.82) is 0 Å². The molecule has 0 unspecified atom stereocenters. The summed E-state index contributed by atoms with van der Waals surface area (Å²) in [5, 5.41) is 2.71. The monoisotopic (exact) mass is 475 g/mol. The van der Waals surface area contributed by atoms with Gasteiger partial charge < -0.3 is 8.98 Å². The third kappa shape index (κ3) is 3.00. The number of halogens is 3. The van der Waals surface area contributed by atoms with Crippen LogP contribution in [0.15, 0.2) is 64.1 Å². The van der Waals surface area contributed by atoms with E-state index in [9.17, 15) is 13.6 Å². The Bertz CT molecular complexity index is 1840. The quantitative estimate of drug-likeness (QED) is 0.298. The Hall–Kier alpha value is -3.84. The van der Waals surface area contributed by atoms with Crippen LogP contribution in [-0.2, 0) is 13.0 Å². The van der Waals surface area contributed by atoms with Crippen molar-refractivity contribution in [2.24, 2.45) is 0 Å². The molecular weight excluding hydrogens is 460 g/mol. The van der Waals surface area contributed by atoms with Crippen LogP contribution in [0.4, 0.5) is 8.78 Å². The van der Waals surface area contributed by atoms with Crippen LogP contribution in [0.2, 0.25) is 5.02 Å². The van der Waals surface area contributed by atoms with Crippen molar-refractivity contribution < 1.29 is 13.2 Å². The molecule has 5 nitrogen and oxygen atoms in total. The zero-order valence-electron chi connectivity index (χ0n) is 17.9. The maximum Gasteiger partial charge on any atom is 0.362 e. The van der Waals surface area contributed by atoms with Gasteiger partial charge in [-0.05, 0) is 42.3 Å². The number of nitrogens with zero attached hydrogens (tertiary/aromatic N) is 3. The van der Waals surface area contributed by atoms with E-state index in [0.29, 0.717) is 11.1 Å². The molecule has 4 aromatic heterocycles. The van der Waals surface area contributed by atoms with E-state index in [1.165, 1.54) is 6.20 Å². The lowest BCUT2D eigenvalue weighted by atomic mass is 10.1. The summed E-state index contributed by atoms with van der Waals surface area (Å²) in [6.07, 6.45) is 3.86. The molecule has 0 aliphatic rings. The molecule has 0 atom stereocenters. The average Bonchev–Trinajstić information content (AvgIpc) is 3.15. The zero-order valence-corrected chi connectivity index (χ0v) is 18.7. The summed E-state index contributed by atoms with van der Waals surface area (Å²) in [4.78, 5) is 21.5. The third-order valence-electron chi connectivity index (χ3n) is 6.18. The van der Waals surface area contributed by atoms with Gasteiger partial charge in [0, 0.05) is 51.1 Å². The predicted molar refractivity (Wildman–Crippen MR) is 128 cm³/mol. The number of fused-ring (bicyclic) bond motifs is 6. The smallest absolute Gasteiger partial charge is 0.362 e. The van der Waals surface area contributed by atoms with Crippen molar-refractivity contribution in [1.82, 2.24) is 14.5 Å². The number of aryl methyl sites for hydroxylation is 1. The highest BCUT2D eigenvalue weighted by Crippen LogP contribution is 2.35. The summed E-state index contributed by atoms with van der Waals surface area (Å²) in [6.45, 7) is 2.22. The minimum Gasteiger partial charge on any atom is -0.402 e. The topological polar surface area (TPSA) is 60.9 Å². The maximum atomic E-state index is 14.2. The van der Waals surface area contributed by atoms with Crippen molar-refractivity contribution in [3.63, 3.8) is 0 Å². The second-order valence-electron chi connectivity index (χ2n) is 8.14. The Morgan fingerprint density at radius 1 is 1.06 bits per heavy atom. The lowest BCUT2D eigenvalue weighted by Gasteiger charge is -2.11. The Kier molecular flexibility index (Phi) is 4.64. The SMILES string of the molecule is CCc1ccc2c(c1)c1c3cccnc3oc(=O)c1n2Cc1cnc2c(F)cc(F)cc2c1Cl. The van der Waals surface area contributed by atoms with Gasteiger partial charge in [-0.25, -0.2) is 18.6 Å². The number of hydrogen-bond donors (Lipinski definition) is 0. The van der Waals surface area contributed by atoms with Crippen molar-refractivity contribution in [3.05, 3.63) is 93.1 Å². The molecule has 0 aliphatic carbocycles. The van der Waals surface area contributed by atoms with E-state index in [1.54, 1.807) is 12.3 Å². The van der Waals surface area contributed by atoms with Crippen molar-refractivity contribution >= 4 is 55.4 Å². The Morgan fingerprint density at radius 3 is 2.74 bits per heavy atom. The van der Waals surface area contributed by atoms with Crippen molar-refractivity contribution in [3.8, 4) is 0 Å². The Balaban J connectivity index is 1.69. The molecule has 0 radical (unpaired) electrons. The van der Waals surface area contributed by atoms with Gasteiger partial charge in [0.2, 0.25) is 5.71 Å². The molecule has 0 fully saturated rings. The van der Waals surface area contributed by atoms with E-state index in [2.05, 4.69) is 23.0 Å². The molecule has 168 valence electrons. The van der Waals surface area contributed by atoms with Gasteiger partial charge in [-0.1, -0.05) is 24.6 Å². The van der Waals surface area contributed by atoms with E-state index in [4.69, 9.17) is 16.0 Å². The van der Waals surface area contributed by atoms with Gasteiger partial charge in [-0.2, -0.15) is 0 Å². The molecule has 0 bridgehead atoms. The molecule has 34 heavy (non-hydrogen) atoms. The van der Waals surface area contributed by atoms with Crippen molar-refractivity contribution in [2.45, 2.75) is 19.9 Å². The van der Waals surface area contributed by atoms with Gasteiger partial charge in [-0.15, -0.1) is 0 Å². The van der Waals surface area contributed by atoms with Gasteiger partial charge in [0.15, 0.2) is 5.82 Å². The molecule has 6 rings (SSSR count). The maximum absolute atomic E-state index is 14.2. The van der Waals surface area contributed by atoms with Crippen LogP contribution in [0, 0.1) is 11.6 Å². The first-order valence-corrected chi connectivity index (χ1v) is 11.1. The van der Waals surface area contributed by atoms with E-state index in [1.807, 2.05) is 22.8 Å². The first-order chi connectivity index (χ1) is 16.5. The van der Waals surface area contributed by atoms with Crippen molar-refractivity contribution in [2.75, 3.05) is 0 Å². The third-order valence-corrected chi connectivity index (χ3v) is 6.63. The average molecular weight is 476 g/mol. The predicted octanol–water partition coefficient (Wildman–Crippen LogP) is 6.39. The second-order valence-corrected chi connectivity index (χ2v) is 8.52. The van der Waals surface area contributed by atoms with Gasteiger partial charge in [0.05, 0.1) is 11.6 Å². The van der Waals surface area contributed by atoms with Gasteiger partial charge >= 0.3 is 5.63 Å². The van der Waals surface area contributed by atoms with E-state index < -0.39 is 17.3 Å². The molecule has 0 N–H and O–H groups in total. The largest absolute Gasteiger partial charge is 0.402 e. The molecule has 8 heteroatoms. The fourth-order valence-corrected chi connectivity index (χ4v) is 4.84. The number of rotatable bonds is 3. The van der Waals surface area contributed by atoms with Crippen LogP contribution in [0.5, 0.6) is 0 Å². The summed E-state index contributed by atoms with van der Waals surface area (Å²) in [5.41, 5.74) is 2.52. The fourth-order valence-electron chi connectivity index (χ4n) is 4.59. The van der Waals surface area contributed by atoms with Gasteiger partial charge in [0.1, 0.15) is 16.9 Å². The summed E-state index contributed by atoms with van der Waals surface area (Å²) in [7, 11) is 0. The minimum atomic E-state index is -0.785. The van der Waals surface area contributed by atoms with Crippen LogP contribution in [0.1, 0.15) is 18.1 Å². The number of aromatic nitrogens is 3. The van der Waals surface area contributed by atoms with Crippen LogP contribution >= 0.6 is 11.6 Å². The van der Waals surface area contributed by atoms with Crippen LogP contribution in [0.25, 0.3) is 43.8 Å². The van der Waals surface area contributed by atoms with E-state index in [0.717, 1.165) is 45.8 Å². The Labute approximate surface area is 196 Å². The van der Waals surface area contributed by atoms with Crippen LogP contribution in [0.3, 0.4) is 0 Å². The first-order valence-electron chi connectivity index (χ1n) is 10.7. The molecular formula is C26H16ClF2N3O2. The summed E-state index contributed by atoms with van der Waals surface area (Å²) < 4.78 is 35.4. The molecule has 0 saturated carbocycles. The molecule has 4 heterocycles. The van der Waals surface area contributed by atoms with E-state index in [-0.39, 0.29) is 28.2 Å². The van der Waals surface area contributed by atoms with Gasteiger partial charge in [-0.3, -0.25) is 4.98 Å². The second kappa shape index (κ2) is 7.60. The lowest BCUT2D eigenvalue weighted by Crippen LogP contribution is -2.09. The zero-order chi connectivity index (χ0) is 23.6. The minimum absolute atomic E-state index is 0.0125. The molecule has 0 spiro atoms. The fraction of sp³-hybridized carbons (Fsp3) is 0.115. The number of benzene rings is 2. The summed E-state index contributed by atoms with van der Waals surface area (Å²) in [6, 6.07) is 11.6. The van der Waals surface area contributed by atoms with Gasteiger partial charge in [0.25, 0.3) is 0 Å². The molecule has 6 aromatic rings. The highest BCUT2D eigenvalue weighted by atomic mass is 35.5. The summed E-state index contributed by atoms with van der Waals surface area (Å²) >= 11 is 6.59. The molecule has 0 amide bonds.